The summed E-state index contributed by atoms with van der Waals surface area (Å²) in [6, 6.07) is 5.73. The van der Waals surface area contributed by atoms with Gasteiger partial charge in [-0.1, -0.05) is 11.6 Å². The minimum absolute atomic E-state index is 0.0340. The van der Waals surface area contributed by atoms with Crippen LogP contribution in [-0.4, -0.2) is 37.1 Å². The molecule has 1 amide bonds. The van der Waals surface area contributed by atoms with Crippen molar-refractivity contribution in [1.82, 2.24) is 5.32 Å². The molecule has 1 aliphatic rings. The molecule has 1 saturated heterocycles. The minimum atomic E-state index is -0.0340. The number of methoxy groups -OCH3 is 1. The highest BCUT2D eigenvalue weighted by Crippen LogP contribution is 2.27. The Bertz CT molecular complexity index is 479. The molecule has 2 rings (SSSR count). The summed E-state index contributed by atoms with van der Waals surface area (Å²) >= 11 is 7.94. The first-order valence-electron chi connectivity index (χ1n) is 7.13. The van der Waals surface area contributed by atoms with E-state index in [0.717, 1.165) is 0 Å². The Morgan fingerprint density at radius 1 is 1.43 bits per heavy atom. The number of benzene rings is 1. The van der Waals surface area contributed by atoms with Crippen LogP contribution in [-0.2, 0) is 4.79 Å². The minimum Gasteiger partial charge on any atom is -0.495 e. The molecular weight excluding hydrogens is 308 g/mol. The van der Waals surface area contributed by atoms with Crippen molar-refractivity contribution in [3.05, 3.63) is 23.2 Å². The zero-order valence-corrected chi connectivity index (χ0v) is 13.7. The molecule has 2 N–H and O–H groups in total. The van der Waals surface area contributed by atoms with Crippen LogP contribution in [0, 0.1) is 0 Å². The third-order valence-corrected chi connectivity index (χ3v) is 4.73. The molecule has 0 aromatic heterocycles. The van der Waals surface area contributed by atoms with Crippen molar-refractivity contribution < 1.29 is 9.53 Å². The van der Waals surface area contributed by atoms with Crippen LogP contribution >= 0.6 is 23.4 Å². The Morgan fingerprint density at radius 3 is 2.90 bits per heavy atom. The number of anilines is 1. The van der Waals surface area contributed by atoms with Gasteiger partial charge < -0.3 is 15.4 Å². The van der Waals surface area contributed by atoms with Gasteiger partial charge in [-0.3, -0.25) is 4.79 Å². The maximum atomic E-state index is 12.0. The molecule has 1 aromatic rings. The van der Waals surface area contributed by atoms with Gasteiger partial charge in [-0.05, 0) is 42.5 Å². The fourth-order valence-electron chi connectivity index (χ4n) is 2.28. The maximum Gasteiger partial charge on any atom is 0.225 e. The highest BCUT2D eigenvalue weighted by Gasteiger charge is 2.13. The summed E-state index contributed by atoms with van der Waals surface area (Å²) in [6.45, 7) is 0.698. The molecular formula is C15H21ClN2O2S. The van der Waals surface area contributed by atoms with Crippen molar-refractivity contribution in [2.24, 2.45) is 0 Å². The number of nitrogens with one attached hydrogen (secondary N) is 2. The van der Waals surface area contributed by atoms with E-state index in [4.69, 9.17) is 16.3 Å². The molecule has 0 spiro atoms. The van der Waals surface area contributed by atoms with Crippen LogP contribution in [0.3, 0.4) is 0 Å². The summed E-state index contributed by atoms with van der Waals surface area (Å²) in [7, 11) is 1.57. The quantitative estimate of drug-likeness (QED) is 0.842. The average Bonchev–Trinajstić information content (AvgIpc) is 2.48. The number of amides is 1. The lowest BCUT2D eigenvalue weighted by Gasteiger charge is -2.22. The molecule has 1 fully saturated rings. The van der Waals surface area contributed by atoms with Gasteiger partial charge in [0.15, 0.2) is 0 Å². The van der Waals surface area contributed by atoms with Gasteiger partial charge in [0.2, 0.25) is 5.91 Å². The van der Waals surface area contributed by atoms with E-state index in [1.807, 2.05) is 11.8 Å². The summed E-state index contributed by atoms with van der Waals surface area (Å²) < 4.78 is 5.21. The molecule has 0 radical (unpaired) electrons. The summed E-state index contributed by atoms with van der Waals surface area (Å²) in [5.74, 6) is 3.01. The molecule has 1 heterocycles. The molecule has 0 atom stereocenters. The fraction of sp³-hybridized carbons (Fsp3) is 0.533. The molecule has 0 bridgehead atoms. The lowest BCUT2D eigenvalue weighted by Crippen LogP contribution is -2.34. The second kappa shape index (κ2) is 8.51. The molecule has 1 aromatic carbocycles. The zero-order valence-electron chi connectivity index (χ0n) is 12.2. The highest BCUT2D eigenvalue weighted by molar-refractivity contribution is 7.99. The Kier molecular flexibility index (Phi) is 6.67. The Hall–Kier alpha value is -0.910. The lowest BCUT2D eigenvalue weighted by molar-refractivity contribution is -0.116. The molecule has 1 aliphatic heterocycles. The number of thioether (sulfide) groups is 1. The Morgan fingerprint density at radius 2 is 2.19 bits per heavy atom. The lowest BCUT2D eigenvalue weighted by atomic mass is 10.1. The van der Waals surface area contributed by atoms with Gasteiger partial charge in [-0.2, -0.15) is 11.8 Å². The third kappa shape index (κ3) is 5.41. The van der Waals surface area contributed by atoms with Crippen LogP contribution in [0.1, 0.15) is 19.3 Å². The molecule has 6 heteroatoms. The number of ether oxygens (including phenoxy) is 1. The number of hydrogen-bond acceptors (Lipinski definition) is 4. The van der Waals surface area contributed by atoms with Crippen LogP contribution in [0.4, 0.5) is 5.69 Å². The predicted molar refractivity (Wildman–Crippen MR) is 89.6 cm³/mol. The predicted octanol–water partition coefficient (Wildman–Crippen LogP) is 3.16. The van der Waals surface area contributed by atoms with Crippen molar-refractivity contribution in [3.63, 3.8) is 0 Å². The van der Waals surface area contributed by atoms with E-state index in [1.54, 1.807) is 25.3 Å². The molecule has 116 valence electrons. The second-order valence-electron chi connectivity index (χ2n) is 4.98. The second-order valence-corrected chi connectivity index (χ2v) is 6.64. The Balaban J connectivity index is 1.77. The fourth-order valence-corrected chi connectivity index (χ4v) is 3.56. The summed E-state index contributed by atoms with van der Waals surface area (Å²) in [5.41, 5.74) is 0.615. The number of hydrogen-bond donors (Lipinski definition) is 2. The third-order valence-electron chi connectivity index (χ3n) is 3.44. The van der Waals surface area contributed by atoms with E-state index in [0.29, 0.717) is 35.5 Å². The van der Waals surface area contributed by atoms with Gasteiger partial charge in [-0.25, -0.2) is 0 Å². The molecule has 0 aliphatic carbocycles. The van der Waals surface area contributed by atoms with Crippen molar-refractivity contribution in [1.29, 1.82) is 0 Å². The van der Waals surface area contributed by atoms with Gasteiger partial charge in [0.1, 0.15) is 5.75 Å². The number of halogens is 1. The van der Waals surface area contributed by atoms with Crippen molar-refractivity contribution in [2.75, 3.05) is 30.5 Å². The van der Waals surface area contributed by atoms with Gasteiger partial charge in [-0.15, -0.1) is 0 Å². The van der Waals surface area contributed by atoms with E-state index in [1.165, 1.54) is 24.3 Å². The van der Waals surface area contributed by atoms with Crippen molar-refractivity contribution >= 4 is 35.0 Å². The molecule has 4 nitrogen and oxygen atoms in total. The van der Waals surface area contributed by atoms with Gasteiger partial charge in [0.05, 0.1) is 12.8 Å². The van der Waals surface area contributed by atoms with E-state index in [9.17, 15) is 4.79 Å². The molecule has 0 saturated carbocycles. The standard InChI is InChI=1S/C15H21ClN2O2S/c1-20-14-3-2-11(16)10-13(14)18-15(19)4-7-17-12-5-8-21-9-6-12/h2-3,10,12,17H,4-9H2,1H3,(H,18,19). The van der Waals surface area contributed by atoms with Gasteiger partial charge >= 0.3 is 0 Å². The first-order valence-corrected chi connectivity index (χ1v) is 8.67. The average molecular weight is 329 g/mol. The van der Waals surface area contributed by atoms with Gasteiger partial charge in [0, 0.05) is 24.0 Å². The first kappa shape index (κ1) is 16.5. The molecule has 21 heavy (non-hydrogen) atoms. The van der Waals surface area contributed by atoms with E-state index in [2.05, 4.69) is 10.6 Å². The maximum absolute atomic E-state index is 12.0. The van der Waals surface area contributed by atoms with Crippen LogP contribution in [0.25, 0.3) is 0 Å². The summed E-state index contributed by atoms with van der Waals surface area (Å²) in [5, 5.41) is 6.87. The number of carbonyl (C=O) groups is 1. The van der Waals surface area contributed by atoms with Crippen molar-refractivity contribution in [3.8, 4) is 5.75 Å². The van der Waals surface area contributed by atoms with Crippen LogP contribution in [0.2, 0.25) is 5.02 Å². The Labute approximate surface area is 135 Å². The SMILES string of the molecule is COc1ccc(Cl)cc1NC(=O)CCNC1CCSCC1. The van der Waals surface area contributed by atoms with E-state index >= 15 is 0 Å². The van der Waals surface area contributed by atoms with Crippen LogP contribution in [0.15, 0.2) is 18.2 Å². The first-order chi connectivity index (χ1) is 10.2. The van der Waals surface area contributed by atoms with E-state index < -0.39 is 0 Å². The number of carbonyl (C=O) groups excluding carboxylic acids is 1. The topological polar surface area (TPSA) is 50.4 Å². The largest absolute Gasteiger partial charge is 0.495 e. The van der Waals surface area contributed by atoms with Crippen LogP contribution < -0.4 is 15.4 Å². The van der Waals surface area contributed by atoms with Gasteiger partial charge in [0.25, 0.3) is 0 Å². The molecule has 0 unspecified atom stereocenters. The normalized spacial score (nSPS) is 15.7. The van der Waals surface area contributed by atoms with Crippen LogP contribution in [0.5, 0.6) is 5.75 Å². The monoisotopic (exact) mass is 328 g/mol. The summed E-state index contributed by atoms with van der Waals surface area (Å²) in [6.07, 6.45) is 2.82. The number of rotatable bonds is 6. The zero-order chi connectivity index (χ0) is 15.1. The van der Waals surface area contributed by atoms with Crippen molar-refractivity contribution in [2.45, 2.75) is 25.3 Å². The summed E-state index contributed by atoms with van der Waals surface area (Å²) in [4.78, 5) is 12.0. The van der Waals surface area contributed by atoms with E-state index in [-0.39, 0.29) is 5.91 Å². The highest BCUT2D eigenvalue weighted by atomic mass is 35.5. The smallest absolute Gasteiger partial charge is 0.225 e.